The molecule has 0 fully saturated rings. The van der Waals surface area contributed by atoms with E-state index in [1.54, 1.807) is 57.2 Å². The molecule has 0 heterocycles. The van der Waals surface area contributed by atoms with Gasteiger partial charge in [0.15, 0.2) is 0 Å². The third-order valence-electron chi connectivity index (χ3n) is 6.13. The summed E-state index contributed by atoms with van der Waals surface area (Å²) in [5, 5.41) is 0. The van der Waals surface area contributed by atoms with Crippen LogP contribution >= 0.6 is 0 Å². The number of carbonyl (C=O) groups is 3. The van der Waals surface area contributed by atoms with Gasteiger partial charge in [-0.1, -0.05) is 45.6 Å². The molecule has 0 aliphatic rings. The summed E-state index contributed by atoms with van der Waals surface area (Å²) in [7, 11) is 1.50. The highest BCUT2D eigenvalue weighted by Crippen LogP contribution is 2.21. The maximum absolute atomic E-state index is 12.4. The van der Waals surface area contributed by atoms with Crippen molar-refractivity contribution < 1.29 is 28.6 Å². The van der Waals surface area contributed by atoms with E-state index in [-0.39, 0.29) is 31.8 Å². The average molecular weight is 626 g/mol. The van der Waals surface area contributed by atoms with Crippen molar-refractivity contribution in [2.45, 2.75) is 74.1 Å². The summed E-state index contributed by atoms with van der Waals surface area (Å²) in [6, 6.07) is 0. The number of allylic oxidation sites excluding steroid dienone is 12. The van der Waals surface area contributed by atoms with Crippen LogP contribution in [0, 0.1) is 0 Å². The van der Waals surface area contributed by atoms with Crippen molar-refractivity contribution in [3.05, 3.63) is 106 Å². The second-order valence-corrected chi connectivity index (χ2v) is 9.07. The smallest absolute Gasteiger partial charge is 0.333 e. The summed E-state index contributed by atoms with van der Waals surface area (Å²) in [4.78, 5) is 37.1. The Balaban J connectivity index is 0. The first-order chi connectivity index (χ1) is 21.6. The van der Waals surface area contributed by atoms with Crippen molar-refractivity contribution in [2.75, 3.05) is 26.9 Å². The summed E-state index contributed by atoms with van der Waals surface area (Å²) in [6.07, 6.45) is 17.3. The number of hydrogen-bond acceptors (Lipinski definition) is 9. The molecule has 9 heteroatoms. The minimum absolute atomic E-state index is 0.258. The van der Waals surface area contributed by atoms with E-state index in [4.69, 9.17) is 25.7 Å². The number of rotatable bonds is 18. The van der Waals surface area contributed by atoms with Crippen molar-refractivity contribution in [3.8, 4) is 0 Å². The van der Waals surface area contributed by atoms with E-state index in [1.165, 1.54) is 13.2 Å². The largest absolute Gasteiger partial charge is 0.463 e. The van der Waals surface area contributed by atoms with E-state index in [0.29, 0.717) is 70.4 Å². The Kier molecular flexibility index (Phi) is 24.8. The summed E-state index contributed by atoms with van der Waals surface area (Å²) >= 11 is 0. The molecule has 0 aliphatic heterocycles. The normalized spacial score (nSPS) is 13.9. The van der Waals surface area contributed by atoms with E-state index in [9.17, 15) is 14.4 Å². The second-order valence-electron chi connectivity index (χ2n) is 9.07. The highest BCUT2D eigenvalue weighted by Gasteiger charge is 2.12. The second kappa shape index (κ2) is 26.1. The number of nitrogens with two attached hydrogens (primary N) is 3. The summed E-state index contributed by atoms with van der Waals surface area (Å²) < 4.78 is 15.5. The molecule has 0 saturated carbocycles. The van der Waals surface area contributed by atoms with Gasteiger partial charge in [-0.15, -0.1) is 0 Å². The predicted molar refractivity (Wildman–Crippen MR) is 184 cm³/mol. The number of esters is 3. The molecule has 9 nitrogen and oxygen atoms in total. The molecule has 0 amide bonds. The molecule has 45 heavy (non-hydrogen) atoms. The monoisotopic (exact) mass is 625 g/mol. The van der Waals surface area contributed by atoms with Gasteiger partial charge in [0.2, 0.25) is 0 Å². The molecule has 0 bridgehead atoms. The van der Waals surface area contributed by atoms with Crippen LogP contribution in [0.1, 0.15) is 74.1 Å². The maximum atomic E-state index is 12.4. The van der Waals surface area contributed by atoms with Gasteiger partial charge in [0, 0.05) is 28.6 Å². The minimum Gasteiger partial charge on any atom is -0.463 e. The maximum Gasteiger partial charge on any atom is 0.333 e. The summed E-state index contributed by atoms with van der Waals surface area (Å²) in [6.45, 7) is 17.4. The zero-order valence-corrected chi connectivity index (χ0v) is 28.5. The molecule has 0 radical (unpaired) electrons. The first-order valence-corrected chi connectivity index (χ1v) is 15.4. The molecule has 250 valence electrons. The van der Waals surface area contributed by atoms with E-state index >= 15 is 0 Å². The molecule has 0 aliphatic carbocycles. The lowest BCUT2D eigenvalue weighted by molar-refractivity contribution is -0.139. The zero-order chi connectivity index (χ0) is 34.8. The van der Waals surface area contributed by atoms with Crippen molar-refractivity contribution in [3.63, 3.8) is 0 Å². The van der Waals surface area contributed by atoms with Gasteiger partial charge in [-0.05, 0) is 113 Å². The third kappa shape index (κ3) is 16.9. The number of ether oxygens (including phenoxy) is 3. The Labute approximate surface area is 270 Å². The van der Waals surface area contributed by atoms with Gasteiger partial charge >= 0.3 is 17.9 Å². The highest BCUT2D eigenvalue weighted by molar-refractivity contribution is 5.90. The molecule has 0 rings (SSSR count). The van der Waals surface area contributed by atoms with Crippen molar-refractivity contribution in [1.29, 1.82) is 0 Å². The zero-order valence-electron chi connectivity index (χ0n) is 28.5. The van der Waals surface area contributed by atoms with Crippen molar-refractivity contribution in [2.24, 2.45) is 17.2 Å². The minimum atomic E-state index is -0.416. The van der Waals surface area contributed by atoms with E-state index in [1.807, 2.05) is 39.8 Å². The first kappa shape index (κ1) is 42.8. The van der Waals surface area contributed by atoms with Crippen LogP contribution < -0.4 is 17.2 Å². The average Bonchev–Trinajstić information content (AvgIpc) is 3.04. The lowest BCUT2D eigenvalue weighted by atomic mass is 9.99. The van der Waals surface area contributed by atoms with Crippen LogP contribution in [-0.4, -0.2) is 44.8 Å². The molecule has 6 N–H and O–H groups in total. The fraction of sp³-hybridized carbons (Fsp3) is 0.417. The Hall–Kier alpha value is -4.37. The van der Waals surface area contributed by atoms with Crippen LogP contribution in [0.2, 0.25) is 0 Å². The standard InChI is InChI=1S/C35H50N2O6.CH5N/c1-9-25(19-28(11-3)33(38)41-14-6)17-18-31(22-27(24-36)21-30(13-5)35(40)43-16-8)32(37)23-26(10-2)20-29(12-4)34(39)42-15-7;1-2/h9-10,17,19-24H,1,11-16,18,36-37H2,2-8H3;2H2,1H3/b25-17+,26-10-,27-24-,28-19+,29-20+,30-21+,31-22+,32-23-;. The molecule has 0 unspecified atom stereocenters. The van der Waals surface area contributed by atoms with Gasteiger partial charge in [-0.25, -0.2) is 14.4 Å². The van der Waals surface area contributed by atoms with Crippen LogP contribution in [0.15, 0.2) is 106 Å². The molecule has 0 aromatic carbocycles. The fourth-order valence-corrected chi connectivity index (χ4v) is 3.70. The van der Waals surface area contributed by atoms with Crippen LogP contribution in [-0.2, 0) is 28.6 Å². The van der Waals surface area contributed by atoms with Crippen LogP contribution in [0.3, 0.4) is 0 Å². The molecular weight excluding hydrogens is 570 g/mol. The lowest BCUT2D eigenvalue weighted by Crippen LogP contribution is -2.08. The summed E-state index contributed by atoms with van der Waals surface area (Å²) in [5.41, 5.74) is 21.7. The lowest BCUT2D eigenvalue weighted by Gasteiger charge is -2.11. The van der Waals surface area contributed by atoms with Crippen LogP contribution in [0.4, 0.5) is 0 Å². The fourth-order valence-electron chi connectivity index (χ4n) is 3.70. The van der Waals surface area contributed by atoms with Crippen LogP contribution in [0.5, 0.6) is 0 Å². The molecular formula is C36H55N3O6. The topological polar surface area (TPSA) is 157 Å². The Bertz CT molecular complexity index is 1230. The SMILES string of the molecule is C=CC(=C\CC(=C\C(=C/N)\C=C(/CC)C(=O)OCC)/C(N)=C/C(=C\C)/C=C(\CC)C(=O)OCC)/C=C(\CC)C(=O)OCC.CN. The van der Waals surface area contributed by atoms with Gasteiger partial charge in [-0.3, -0.25) is 0 Å². The number of hydrogen-bond donors (Lipinski definition) is 3. The Morgan fingerprint density at radius 3 is 1.33 bits per heavy atom. The molecule has 0 aromatic heterocycles. The van der Waals surface area contributed by atoms with Gasteiger partial charge in [-0.2, -0.15) is 0 Å². The van der Waals surface area contributed by atoms with E-state index in [2.05, 4.69) is 12.3 Å². The van der Waals surface area contributed by atoms with E-state index in [0.717, 1.165) is 0 Å². The summed E-state index contributed by atoms with van der Waals surface area (Å²) in [5.74, 6) is -1.18. The van der Waals surface area contributed by atoms with Gasteiger partial charge in [0.25, 0.3) is 0 Å². The van der Waals surface area contributed by atoms with E-state index < -0.39 is 5.97 Å². The van der Waals surface area contributed by atoms with Crippen molar-refractivity contribution >= 4 is 17.9 Å². The molecule has 0 atom stereocenters. The third-order valence-corrected chi connectivity index (χ3v) is 6.13. The Morgan fingerprint density at radius 1 is 0.622 bits per heavy atom. The first-order valence-electron chi connectivity index (χ1n) is 15.4. The number of carbonyl (C=O) groups excluding carboxylic acids is 3. The van der Waals surface area contributed by atoms with Crippen LogP contribution in [0.25, 0.3) is 0 Å². The highest BCUT2D eigenvalue weighted by atomic mass is 16.5. The van der Waals surface area contributed by atoms with Gasteiger partial charge in [0.05, 0.1) is 19.8 Å². The molecule has 0 spiro atoms. The molecule has 0 aromatic rings. The molecule has 0 saturated heterocycles. The quantitative estimate of drug-likeness (QED) is 0.0686. The van der Waals surface area contributed by atoms with Gasteiger partial charge < -0.3 is 31.4 Å². The van der Waals surface area contributed by atoms with Crippen molar-refractivity contribution in [1.82, 2.24) is 0 Å². The predicted octanol–water partition coefficient (Wildman–Crippen LogP) is 6.32. The van der Waals surface area contributed by atoms with Gasteiger partial charge in [0.1, 0.15) is 0 Å². The Morgan fingerprint density at radius 2 is 1.00 bits per heavy atom.